The van der Waals surface area contributed by atoms with Crippen LogP contribution in [0, 0.1) is 0 Å². The molecule has 0 saturated carbocycles. The summed E-state index contributed by atoms with van der Waals surface area (Å²) in [6, 6.07) is 7.84. The lowest BCUT2D eigenvalue weighted by molar-refractivity contribution is 0.00578. The SMILES string of the molecule is CC1(C)OB(C(=Cc2ccc(-c3nn[nH]n3)cc2)CN)OC1(C)C. The standard InChI is InChI=1S/C16H22BN5O2/c1-15(2)16(3,4)24-17(23-15)13(10-18)9-11-5-7-12(8-6-11)14-19-21-22-20-14/h5-9H,10,18H2,1-4H3,(H,19,20,21,22). The molecule has 1 saturated heterocycles. The second-order valence-corrected chi connectivity index (χ2v) is 6.87. The number of benzene rings is 1. The van der Waals surface area contributed by atoms with E-state index in [9.17, 15) is 0 Å². The van der Waals surface area contributed by atoms with Gasteiger partial charge in [-0.15, -0.1) is 10.2 Å². The third kappa shape index (κ3) is 3.12. The number of nitrogens with two attached hydrogens (primary N) is 1. The summed E-state index contributed by atoms with van der Waals surface area (Å²) in [5, 5.41) is 13.9. The van der Waals surface area contributed by atoms with Gasteiger partial charge in [-0.05, 0) is 43.9 Å². The van der Waals surface area contributed by atoms with Gasteiger partial charge in [0.05, 0.1) is 11.2 Å². The summed E-state index contributed by atoms with van der Waals surface area (Å²) in [6.45, 7) is 8.48. The molecule has 24 heavy (non-hydrogen) atoms. The maximum absolute atomic E-state index is 6.07. The number of aromatic nitrogens is 4. The third-order valence-electron chi connectivity index (χ3n) is 4.66. The van der Waals surface area contributed by atoms with Crippen LogP contribution >= 0.6 is 0 Å². The Hall–Kier alpha value is -2.03. The van der Waals surface area contributed by atoms with E-state index in [1.54, 1.807) is 0 Å². The van der Waals surface area contributed by atoms with Crippen molar-refractivity contribution in [3.63, 3.8) is 0 Å². The van der Waals surface area contributed by atoms with Crippen molar-refractivity contribution in [3.05, 3.63) is 35.3 Å². The van der Waals surface area contributed by atoms with Gasteiger partial charge in [0.15, 0.2) is 0 Å². The first-order valence-corrected chi connectivity index (χ1v) is 7.92. The molecule has 0 aliphatic carbocycles. The quantitative estimate of drug-likeness (QED) is 0.832. The first-order valence-electron chi connectivity index (χ1n) is 7.92. The Kier molecular flexibility index (Phi) is 4.29. The minimum atomic E-state index is -0.433. The first kappa shape index (κ1) is 16.8. The zero-order valence-electron chi connectivity index (χ0n) is 14.4. The van der Waals surface area contributed by atoms with Gasteiger partial charge in [0.25, 0.3) is 0 Å². The minimum Gasteiger partial charge on any atom is -0.400 e. The molecule has 1 aliphatic heterocycles. The molecule has 3 N–H and O–H groups in total. The summed E-state index contributed by atoms with van der Waals surface area (Å²) in [6.07, 6.45) is 2.00. The van der Waals surface area contributed by atoms with Crippen molar-refractivity contribution in [1.29, 1.82) is 0 Å². The molecular formula is C16H22BN5O2. The summed E-state index contributed by atoms with van der Waals surface area (Å²) in [4.78, 5) is 0. The molecule has 7 nitrogen and oxygen atoms in total. The fourth-order valence-electron chi connectivity index (χ4n) is 2.44. The molecule has 8 heteroatoms. The molecular weight excluding hydrogens is 305 g/mol. The van der Waals surface area contributed by atoms with Crippen LogP contribution in [-0.2, 0) is 9.31 Å². The van der Waals surface area contributed by atoms with E-state index in [0.29, 0.717) is 12.4 Å². The average molecular weight is 327 g/mol. The normalized spacial score (nSPS) is 19.7. The van der Waals surface area contributed by atoms with Crippen LogP contribution in [0.25, 0.3) is 17.5 Å². The van der Waals surface area contributed by atoms with E-state index >= 15 is 0 Å². The summed E-state index contributed by atoms with van der Waals surface area (Å²) < 4.78 is 12.1. The fraction of sp³-hybridized carbons (Fsp3) is 0.438. The number of nitrogens with one attached hydrogen (secondary N) is 1. The predicted molar refractivity (Wildman–Crippen MR) is 92.7 cm³/mol. The van der Waals surface area contributed by atoms with E-state index in [4.69, 9.17) is 15.0 Å². The molecule has 1 aromatic carbocycles. The maximum atomic E-state index is 6.07. The summed E-state index contributed by atoms with van der Waals surface area (Å²) in [5.41, 5.74) is 7.97. The van der Waals surface area contributed by atoms with Crippen LogP contribution < -0.4 is 5.73 Å². The van der Waals surface area contributed by atoms with Crippen LogP contribution in [0.4, 0.5) is 0 Å². The molecule has 0 amide bonds. The van der Waals surface area contributed by atoms with Crippen molar-refractivity contribution in [3.8, 4) is 11.4 Å². The number of rotatable bonds is 4. The number of nitrogens with zero attached hydrogens (tertiary/aromatic N) is 3. The summed E-state index contributed by atoms with van der Waals surface area (Å²) >= 11 is 0. The van der Waals surface area contributed by atoms with E-state index in [0.717, 1.165) is 16.6 Å². The number of hydrogen-bond acceptors (Lipinski definition) is 6. The van der Waals surface area contributed by atoms with Crippen LogP contribution in [0.3, 0.4) is 0 Å². The van der Waals surface area contributed by atoms with Crippen LogP contribution in [0.15, 0.2) is 29.7 Å². The lowest BCUT2D eigenvalue weighted by Crippen LogP contribution is -2.41. The van der Waals surface area contributed by atoms with Crippen LogP contribution in [0.5, 0.6) is 0 Å². The molecule has 0 radical (unpaired) electrons. The molecule has 1 aliphatic rings. The van der Waals surface area contributed by atoms with Gasteiger partial charge in [0.2, 0.25) is 5.82 Å². The van der Waals surface area contributed by atoms with Crippen molar-refractivity contribution < 1.29 is 9.31 Å². The van der Waals surface area contributed by atoms with E-state index in [2.05, 4.69) is 20.6 Å². The zero-order chi connectivity index (χ0) is 17.4. The summed E-state index contributed by atoms with van der Waals surface area (Å²) in [5.74, 6) is 0.565. The monoisotopic (exact) mass is 327 g/mol. The van der Waals surface area contributed by atoms with Crippen molar-refractivity contribution >= 4 is 13.2 Å². The minimum absolute atomic E-state index is 0.365. The largest absolute Gasteiger partial charge is 0.491 e. The van der Waals surface area contributed by atoms with Crippen molar-refractivity contribution in [2.24, 2.45) is 5.73 Å². The molecule has 1 fully saturated rings. The molecule has 1 aromatic heterocycles. The van der Waals surface area contributed by atoms with Crippen LogP contribution in [0.1, 0.15) is 33.3 Å². The molecule has 0 spiro atoms. The molecule has 2 aromatic rings. The average Bonchev–Trinajstić information content (AvgIpc) is 3.12. The van der Waals surface area contributed by atoms with Crippen LogP contribution in [0.2, 0.25) is 0 Å². The third-order valence-corrected chi connectivity index (χ3v) is 4.66. The fourth-order valence-corrected chi connectivity index (χ4v) is 2.44. The second kappa shape index (κ2) is 6.12. The Morgan fingerprint density at radius 3 is 2.29 bits per heavy atom. The Morgan fingerprint density at radius 2 is 1.79 bits per heavy atom. The number of tetrazole rings is 1. The highest BCUT2D eigenvalue weighted by Gasteiger charge is 2.52. The van der Waals surface area contributed by atoms with E-state index in [1.165, 1.54) is 0 Å². The van der Waals surface area contributed by atoms with Gasteiger partial charge < -0.3 is 15.0 Å². The van der Waals surface area contributed by atoms with Gasteiger partial charge in [-0.3, -0.25) is 0 Å². The Labute approximate surface area is 141 Å². The van der Waals surface area contributed by atoms with Gasteiger partial charge >= 0.3 is 7.12 Å². The van der Waals surface area contributed by atoms with Gasteiger partial charge in [-0.2, -0.15) is 5.21 Å². The van der Waals surface area contributed by atoms with Gasteiger partial charge in [-0.25, -0.2) is 0 Å². The Balaban J connectivity index is 1.81. The van der Waals surface area contributed by atoms with E-state index in [-0.39, 0.29) is 11.2 Å². The predicted octanol–water partition coefficient (Wildman–Crippen LogP) is 1.84. The first-order chi connectivity index (χ1) is 11.3. The molecule has 0 unspecified atom stereocenters. The highest BCUT2D eigenvalue weighted by Crippen LogP contribution is 2.38. The number of H-pyrrole nitrogens is 1. The molecule has 2 heterocycles. The van der Waals surface area contributed by atoms with Crippen molar-refractivity contribution in [1.82, 2.24) is 20.6 Å². The highest BCUT2D eigenvalue weighted by atomic mass is 16.7. The van der Waals surface area contributed by atoms with Crippen LogP contribution in [-0.4, -0.2) is 45.5 Å². The lowest BCUT2D eigenvalue weighted by Gasteiger charge is -2.32. The Bertz CT molecular complexity index is 709. The van der Waals surface area contributed by atoms with Gasteiger partial charge in [0.1, 0.15) is 0 Å². The summed E-state index contributed by atoms with van der Waals surface area (Å²) in [7, 11) is -0.433. The molecule has 0 bridgehead atoms. The smallest absolute Gasteiger partial charge is 0.400 e. The number of hydrogen-bond donors (Lipinski definition) is 2. The molecule has 0 atom stereocenters. The topological polar surface area (TPSA) is 98.9 Å². The lowest BCUT2D eigenvalue weighted by atomic mass is 9.77. The van der Waals surface area contributed by atoms with E-state index in [1.807, 2.05) is 58.0 Å². The zero-order valence-corrected chi connectivity index (χ0v) is 14.4. The maximum Gasteiger partial charge on any atom is 0.491 e. The van der Waals surface area contributed by atoms with Gasteiger partial charge in [0, 0.05) is 12.1 Å². The Morgan fingerprint density at radius 1 is 1.17 bits per heavy atom. The highest BCUT2D eigenvalue weighted by molar-refractivity contribution is 6.55. The van der Waals surface area contributed by atoms with E-state index < -0.39 is 7.12 Å². The second-order valence-electron chi connectivity index (χ2n) is 6.87. The number of aromatic amines is 1. The molecule has 126 valence electrons. The van der Waals surface area contributed by atoms with Gasteiger partial charge in [-0.1, -0.05) is 30.3 Å². The van der Waals surface area contributed by atoms with Crippen molar-refractivity contribution in [2.75, 3.05) is 6.54 Å². The van der Waals surface area contributed by atoms with Crippen molar-refractivity contribution in [2.45, 2.75) is 38.9 Å². The molecule has 3 rings (SSSR count).